The van der Waals surface area contributed by atoms with Crippen LogP contribution in [0.1, 0.15) is 0 Å². The van der Waals surface area contributed by atoms with E-state index in [1.807, 2.05) is 0 Å². The van der Waals surface area contributed by atoms with E-state index in [1.165, 1.54) is 0 Å². The normalized spacial score (nSPS) is 10.0. The number of rotatable bonds is 0. The van der Waals surface area contributed by atoms with Gasteiger partial charge in [0.05, 0.1) is 0 Å². The van der Waals surface area contributed by atoms with Gasteiger partial charge < -0.3 is 38.4 Å². The molecule has 0 aliphatic heterocycles. The van der Waals surface area contributed by atoms with Crippen molar-refractivity contribution in [3.05, 3.63) is 0 Å². The van der Waals surface area contributed by atoms with Crippen LogP contribution in [-0.4, -0.2) is 94.2 Å². The van der Waals surface area contributed by atoms with Crippen LogP contribution in [0.15, 0.2) is 0 Å². The van der Waals surface area contributed by atoms with Crippen LogP contribution < -0.4 is 0 Å². The van der Waals surface area contributed by atoms with Gasteiger partial charge in [-0.25, -0.2) is 0 Å². The Kier molecular flexibility index (Phi) is 17.2. The van der Waals surface area contributed by atoms with E-state index in [0.29, 0.717) is 0 Å². The number of hydrogen-bond acceptors (Lipinski definition) is 8. The Morgan fingerprint density at radius 1 is 0.417 bits per heavy atom. The van der Waals surface area contributed by atoms with Crippen molar-refractivity contribution < 1.29 is 38.4 Å². The maximum atomic E-state index is 7.33. The predicted octanol–water partition coefficient (Wildman–Crippen LogP) is -6.51. The van der Waals surface area contributed by atoms with E-state index in [-0.39, 0.29) is 37.7 Å². The van der Waals surface area contributed by atoms with Gasteiger partial charge in [0, 0.05) is 0 Å². The SMILES string of the molecule is O[Si](O)(O)O.O[Si](O)(O)O.[LiH].[LiH]. The monoisotopic (exact) mass is 208 g/mol. The van der Waals surface area contributed by atoms with E-state index >= 15 is 0 Å². The molecule has 0 aliphatic rings. The van der Waals surface area contributed by atoms with Crippen molar-refractivity contribution in [3.63, 3.8) is 0 Å². The van der Waals surface area contributed by atoms with Crippen LogP contribution in [0.3, 0.4) is 0 Å². The Bertz CT molecular complexity index is 58.0. The summed E-state index contributed by atoms with van der Waals surface area (Å²) in [5.74, 6) is 0. The van der Waals surface area contributed by atoms with Gasteiger partial charge in [-0.05, 0) is 0 Å². The van der Waals surface area contributed by atoms with Crippen LogP contribution >= 0.6 is 0 Å². The van der Waals surface area contributed by atoms with Crippen molar-refractivity contribution in [2.45, 2.75) is 0 Å². The van der Waals surface area contributed by atoms with E-state index in [4.69, 9.17) is 38.4 Å². The van der Waals surface area contributed by atoms with Crippen molar-refractivity contribution in [1.29, 1.82) is 0 Å². The zero-order chi connectivity index (χ0) is 9.00. The topological polar surface area (TPSA) is 162 Å². The van der Waals surface area contributed by atoms with E-state index in [1.54, 1.807) is 0 Å². The molecule has 0 rings (SSSR count). The maximum absolute atomic E-state index is 7.33. The molecule has 0 spiro atoms. The van der Waals surface area contributed by atoms with Gasteiger partial charge in [0.1, 0.15) is 0 Å². The molecule has 0 saturated heterocycles. The molecule has 12 heavy (non-hydrogen) atoms. The Morgan fingerprint density at radius 3 is 0.417 bits per heavy atom. The molecule has 0 amide bonds. The van der Waals surface area contributed by atoms with Crippen molar-refractivity contribution in [2.24, 2.45) is 0 Å². The predicted molar refractivity (Wildman–Crippen MR) is 43.6 cm³/mol. The average Bonchev–Trinajstić information content (AvgIpc) is 1.12. The second-order valence-electron chi connectivity index (χ2n) is 1.20. The first-order valence-electron chi connectivity index (χ1n) is 1.79. The molecule has 12 heteroatoms. The van der Waals surface area contributed by atoms with Crippen molar-refractivity contribution in [2.75, 3.05) is 0 Å². The summed E-state index contributed by atoms with van der Waals surface area (Å²) in [4.78, 5) is 58.6. The molecule has 0 saturated carbocycles. The Balaban J connectivity index is -0.0000000457. The first kappa shape index (κ1) is 23.3. The molecular weight excluding hydrogens is 198 g/mol. The molecular formula is H10Li2O8Si2. The van der Waals surface area contributed by atoms with Crippen LogP contribution in [0.25, 0.3) is 0 Å². The summed E-state index contributed by atoms with van der Waals surface area (Å²) >= 11 is 0. The summed E-state index contributed by atoms with van der Waals surface area (Å²) in [5, 5.41) is 0. The van der Waals surface area contributed by atoms with E-state index < -0.39 is 18.1 Å². The minimum atomic E-state index is -4.61. The summed E-state index contributed by atoms with van der Waals surface area (Å²) in [6, 6.07) is 0. The molecule has 0 radical (unpaired) electrons. The standard InChI is InChI=1S/2Li.2H4O4Si.2H/c;;2*1-5(2,3)4;;/h;;2*1-4H;;. The summed E-state index contributed by atoms with van der Waals surface area (Å²) in [7, 11) is -9.22. The van der Waals surface area contributed by atoms with Gasteiger partial charge in [0.15, 0.2) is 0 Å². The molecule has 0 unspecified atom stereocenters. The van der Waals surface area contributed by atoms with Crippen molar-refractivity contribution in [3.8, 4) is 0 Å². The first-order valence-corrected chi connectivity index (χ1v) is 5.37. The van der Waals surface area contributed by atoms with Crippen LogP contribution in [0.4, 0.5) is 0 Å². The third kappa shape index (κ3) is 702. The van der Waals surface area contributed by atoms with Gasteiger partial charge in [-0.2, -0.15) is 0 Å². The van der Waals surface area contributed by atoms with Crippen LogP contribution in [0, 0.1) is 0 Å². The molecule has 68 valence electrons. The second-order valence-corrected chi connectivity index (χ2v) is 3.60. The van der Waals surface area contributed by atoms with E-state index in [9.17, 15) is 0 Å². The summed E-state index contributed by atoms with van der Waals surface area (Å²) in [6.07, 6.45) is 0. The molecule has 8 N–H and O–H groups in total. The quantitative estimate of drug-likeness (QED) is 0.182. The van der Waals surface area contributed by atoms with E-state index in [0.717, 1.165) is 0 Å². The molecule has 0 heterocycles. The fraction of sp³-hybridized carbons (Fsp3) is 0. The number of hydrogen-bond donors (Lipinski definition) is 8. The molecule has 0 bridgehead atoms. The second kappa shape index (κ2) is 8.89. The van der Waals surface area contributed by atoms with Gasteiger partial charge >= 0.3 is 55.8 Å². The van der Waals surface area contributed by atoms with Crippen LogP contribution in [-0.2, 0) is 0 Å². The zero-order valence-electron chi connectivity index (χ0n) is 4.58. The molecule has 0 atom stereocenters. The minimum absolute atomic E-state index is 0. The van der Waals surface area contributed by atoms with Gasteiger partial charge in [0.25, 0.3) is 0 Å². The molecule has 0 aromatic rings. The third-order valence-electron chi connectivity index (χ3n) is 0. The van der Waals surface area contributed by atoms with Crippen LogP contribution in [0.5, 0.6) is 0 Å². The molecule has 0 aliphatic carbocycles. The summed E-state index contributed by atoms with van der Waals surface area (Å²) in [5.41, 5.74) is 0. The van der Waals surface area contributed by atoms with Gasteiger partial charge in [0.2, 0.25) is 0 Å². The van der Waals surface area contributed by atoms with Crippen molar-refractivity contribution in [1.82, 2.24) is 0 Å². The third-order valence-corrected chi connectivity index (χ3v) is 0. The van der Waals surface area contributed by atoms with Crippen molar-refractivity contribution >= 4 is 55.8 Å². The van der Waals surface area contributed by atoms with Gasteiger partial charge in [-0.3, -0.25) is 0 Å². The fourth-order valence-electron chi connectivity index (χ4n) is 0. The fourth-order valence-corrected chi connectivity index (χ4v) is 0. The average molecular weight is 208 g/mol. The molecule has 0 aromatic carbocycles. The van der Waals surface area contributed by atoms with Gasteiger partial charge in [-0.15, -0.1) is 0 Å². The molecule has 8 nitrogen and oxygen atoms in total. The Morgan fingerprint density at radius 2 is 0.417 bits per heavy atom. The molecule has 0 aromatic heterocycles. The first-order chi connectivity index (χ1) is 4.00. The van der Waals surface area contributed by atoms with Crippen LogP contribution in [0.2, 0.25) is 0 Å². The Hall–Kier alpha value is 1.31. The Labute approximate surface area is 94.1 Å². The summed E-state index contributed by atoms with van der Waals surface area (Å²) < 4.78 is 0. The van der Waals surface area contributed by atoms with Gasteiger partial charge in [-0.1, -0.05) is 0 Å². The zero-order valence-corrected chi connectivity index (χ0v) is 6.58. The molecule has 0 fully saturated rings. The summed E-state index contributed by atoms with van der Waals surface area (Å²) in [6.45, 7) is 0. The van der Waals surface area contributed by atoms with E-state index in [2.05, 4.69) is 0 Å².